The Morgan fingerprint density at radius 2 is 2.38 bits per heavy atom. The molecule has 0 aromatic heterocycles. The first-order valence-electron chi connectivity index (χ1n) is 5.13. The number of hydrogen-bond donors (Lipinski definition) is 1. The van der Waals surface area contributed by atoms with E-state index in [4.69, 9.17) is 0 Å². The van der Waals surface area contributed by atoms with Crippen LogP contribution in [-0.2, 0) is 9.53 Å². The second-order valence-corrected chi connectivity index (χ2v) is 3.62. The van der Waals surface area contributed by atoms with E-state index in [0.29, 0.717) is 12.5 Å². The Kier molecular flexibility index (Phi) is 4.83. The van der Waals surface area contributed by atoms with Crippen molar-refractivity contribution in [2.45, 2.75) is 44.6 Å². The molecule has 1 saturated heterocycles. The van der Waals surface area contributed by atoms with Gasteiger partial charge in [0.05, 0.1) is 7.11 Å². The third kappa shape index (κ3) is 4.27. The second-order valence-electron chi connectivity index (χ2n) is 3.62. The minimum Gasteiger partial charge on any atom is -0.469 e. The Labute approximate surface area is 79.8 Å². The molecule has 3 heteroatoms. The van der Waals surface area contributed by atoms with Gasteiger partial charge in [0.1, 0.15) is 0 Å². The van der Waals surface area contributed by atoms with Crippen molar-refractivity contribution in [3.63, 3.8) is 0 Å². The summed E-state index contributed by atoms with van der Waals surface area (Å²) < 4.78 is 4.58. The van der Waals surface area contributed by atoms with Crippen LogP contribution in [0.5, 0.6) is 0 Å². The van der Waals surface area contributed by atoms with Crippen LogP contribution in [0, 0.1) is 0 Å². The average Bonchev–Trinajstić information content (AvgIpc) is 2.19. The third-order valence-corrected chi connectivity index (χ3v) is 2.57. The van der Waals surface area contributed by atoms with Crippen LogP contribution < -0.4 is 5.32 Å². The van der Waals surface area contributed by atoms with Crippen LogP contribution in [0.4, 0.5) is 0 Å². The highest BCUT2D eigenvalue weighted by Crippen LogP contribution is 2.12. The fourth-order valence-corrected chi connectivity index (χ4v) is 1.77. The number of esters is 1. The van der Waals surface area contributed by atoms with Gasteiger partial charge in [0, 0.05) is 12.5 Å². The van der Waals surface area contributed by atoms with Gasteiger partial charge in [-0.15, -0.1) is 0 Å². The van der Waals surface area contributed by atoms with Crippen LogP contribution in [0.1, 0.15) is 38.5 Å². The first-order chi connectivity index (χ1) is 6.33. The van der Waals surface area contributed by atoms with E-state index in [0.717, 1.165) is 19.4 Å². The summed E-state index contributed by atoms with van der Waals surface area (Å²) in [6.07, 6.45) is 6.51. The molecule has 0 aromatic rings. The van der Waals surface area contributed by atoms with Crippen molar-refractivity contribution < 1.29 is 9.53 Å². The number of rotatable bonds is 4. The number of carbonyl (C=O) groups is 1. The van der Waals surface area contributed by atoms with E-state index >= 15 is 0 Å². The van der Waals surface area contributed by atoms with E-state index in [1.54, 1.807) is 0 Å². The number of ether oxygens (including phenoxy) is 1. The van der Waals surface area contributed by atoms with Gasteiger partial charge in [0.15, 0.2) is 0 Å². The molecule has 1 atom stereocenters. The summed E-state index contributed by atoms with van der Waals surface area (Å²) in [6, 6.07) is 0.637. The maximum Gasteiger partial charge on any atom is 0.305 e. The number of methoxy groups -OCH3 is 1. The lowest BCUT2D eigenvalue weighted by Gasteiger charge is -2.22. The summed E-state index contributed by atoms with van der Waals surface area (Å²) in [7, 11) is 1.45. The lowest BCUT2D eigenvalue weighted by molar-refractivity contribution is -0.140. The summed E-state index contributed by atoms with van der Waals surface area (Å²) in [5.74, 6) is -0.0872. The molecule has 0 amide bonds. The standard InChI is InChI=1S/C10H19NO2/c1-13-10(12)7-4-6-9-5-2-3-8-11-9/h9,11H,2-8H2,1H3. The summed E-state index contributed by atoms with van der Waals surface area (Å²) in [5.41, 5.74) is 0. The fourth-order valence-electron chi connectivity index (χ4n) is 1.77. The van der Waals surface area contributed by atoms with Crippen LogP contribution >= 0.6 is 0 Å². The van der Waals surface area contributed by atoms with E-state index < -0.39 is 0 Å². The first-order valence-corrected chi connectivity index (χ1v) is 5.13. The molecule has 0 bridgehead atoms. The number of carbonyl (C=O) groups excluding carboxylic acids is 1. The van der Waals surface area contributed by atoms with E-state index in [-0.39, 0.29) is 5.97 Å². The van der Waals surface area contributed by atoms with Crippen LogP contribution in [0.2, 0.25) is 0 Å². The summed E-state index contributed by atoms with van der Waals surface area (Å²) >= 11 is 0. The Morgan fingerprint density at radius 1 is 1.54 bits per heavy atom. The molecule has 1 rings (SSSR count). The topological polar surface area (TPSA) is 38.3 Å². The monoisotopic (exact) mass is 185 g/mol. The van der Waals surface area contributed by atoms with Crippen LogP contribution in [0.15, 0.2) is 0 Å². The smallest absolute Gasteiger partial charge is 0.305 e. The van der Waals surface area contributed by atoms with Gasteiger partial charge in [-0.05, 0) is 32.2 Å². The molecule has 1 fully saturated rings. The zero-order valence-electron chi connectivity index (χ0n) is 8.34. The number of hydrogen-bond acceptors (Lipinski definition) is 3. The molecule has 3 nitrogen and oxygen atoms in total. The van der Waals surface area contributed by atoms with Gasteiger partial charge in [-0.25, -0.2) is 0 Å². The molecule has 0 aromatic carbocycles. The highest BCUT2D eigenvalue weighted by molar-refractivity contribution is 5.68. The second kappa shape index (κ2) is 5.97. The SMILES string of the molecule is COC(=O)CCCC1CCCCN1. The van der Waals surface area contributed by atoms with Crippen molar-refractivity contribution in [3.05, 3.63) is 0 Å². The molecule has 0 radical (unpaired) electrons. The molecule has 1 aliphatic rings. The highest BCUT2D eigenvalue weighted by Gasteiger charge is 2.12. The minimum atomic E-state index is -0.0872. The minimum absolute atomic E-state index is 0.0872. The molecule has 1 aliphatic heterocycles. The number of piperidine rings is 1. The molecule has 0 aliphatic carbocycles. The van der Waals surface area contributed by atoms with E-state index in [2.05, 4.69) is 10.1 Å². The lowest BCUT2D eigenvalue weighted by Crippen LogP contribution is -2.33. The van der Waals surface area contributed by atoms with Crippen molar-refractivity contribution in [3.8, 4) is 0 Å². The van der Waals surface area contributed by atoms with Gasteiger partial charge in [-0.2, -0.15) is 0 Å². The van der Waals surface area contributed by atoms with Crippen molar-refractivity contribution >= 4 is 5.97 Å². The quantitative estimate of drug-likeness (QED) is 0.674. The Balaban J connectivity index is 2.01. The van der Waals surface area contributed by atoms with Crippen molar-refractivity contribution in [2.75, 3.05) is 13.7 Å². The van der Waals surface area contributed by atoms with Crippen molar-refractivity contribution in [1.82, 2.24) is 5.32 Å². The average molecular weight is 185 g/mol. The maximum absolute atomic E-state index is 10.8. The zero-order valence-corrected chi connectivity index (χ0v) is 8.34. The zero-order chi connectivity index (χ0) is 9.52. The van der Waals surface area contributed by atoms with Gasteiger partial charge in [-0.1, -0.05) is 6.42 Å². The lowest BCUT2D eigenvalue weighted by atomic mass is 10.00. The predicted octanol–water partition coefficient (Wildman–Crippen LogP) is 1.47. The van der Waals surface area contributed by atoms with Crippen molar-refractivity contribution in [2.24, 2.45) is 0 Å². The third-order valence-electron chi connectivity index (χ3n) is 2.57. The summed E-state index contributed by atoms with van der Waals surface area (Å²) in [6.45, 7) is 1.14. The Morgan fingerprint density at radius 3 is 3.00 bits per heavy atom. The molecule has 0 saturated carbocycles. The van der Waals surface area contributed by atoms with Crippen LogP contribution in [0.3, 0.4) is 0 Å². The highest BCUT2D eigenvalue weighted by atomic mass is 16.5. The summed E-state index contributed by atoms with van der Waals surface area (Å²) in [4.78, 5) is 10.8. The molecule has 76 valence electrons. The normalized spacial score (nSPS) is 22.7. The largest absolute Gasteiger partial charge is 0.469 e. The molecule has 1 unspecified atom stereocenters. The molecule has 0 spiro atoms. The van der Waals surface area contributed by atoms with Gasteiger partial charge in [-0.3, -0.25) is 4.79 Å². The van der Waals surface area contributed by atoms with Gasteiger partial charge < -0.3 is 10.1 Å². The molecular weight excluding hydrogens is 166 g/mol. The van der Waals surface area contributed by atoms with Crippen LogP contribution in [-0.4, -0.2) is 25.7 Å². The van der Waals surface area contributed by atoms with Crippen molar-refractivity contribution in [1.29, 1.82) is 0 Å². The predicted molar refractivity (Wildman–Crippen MR) is 51.5 cm³/mol. The molecule has 1 N–H and O–H groups in total. The van der Waals surface area contributed by atoms with E-state index in [1.807, 2.05) is 0 Å². The number of nitrogens with one attached hydrogen (secondary N) is 1. The van der Waals surface area contributed by atoms with E-state index in [9.17, 15) is 4.79 Å². The molecule has 1 heterocycles. The summed E-state index contributed by atoms with van der Waals surface area (Å²) in [5, 5.41) is 3.46. The first kappa shape index (κ1) is 10.5. The Bertz CT molecular complexity index is 153. The van der Waals surface area contributed by atoms with Gasteiger partial charge >= 0.3 is 5.97 Å². The van der Waals surface area contributed by atoms with E-state index in [1.165, 1.54) is 26.4 Å². The van der Waals surface area contributed by atoms with Gasteiger partial charge in [0.2, 0.25) is 0 Å². The maximum atomic E-state index is 10.8. The molecule has 13 heavy (non-hydrogen) atoms. The Hall–Kier alpha value is -0.570. The van der Waals surface area contributed by atoms with Gasteiger partial charge in [0.25, 0.3) is 0 Å². The fraction of sp³-hybridized carbons (Fsp3) is 0.900. The molecular formula is C10H19NO2. The van der Waals surface area contributed by atoms with Crippen LogP contribution in [0.25, 0.3) is 0 Å².